The highest BCUT2D eigenvalue weighted by molar-refractivity contribution is 6.06. The summed E-state index contributed by atoms with van der Waals surface area (Å²) >= 11 is 0. The minimum absolute atomic E-state index is 0.0194. The van der Waals surface area contributed by atoms with Crippen LogP contribution in [0.2, 0.25) is 0 Å². The van der Waals surface area contributed by atoms with Gasteiger partial charge in [-0.2, -0.15) is 13.2 Å². The van der Waals surface area contributed by atoms with Crippen LogP contribution in [-0.4, -0.2) is 269 Å². The van der Waals surface area contributed by atoms with Crippen LogP contribution in [0, 0.1) is 10.1 Å². The van der Waals surface area contributed by atoms with Crippen molar-refractivity contribution in [1.29, 1.82) is 0 Å². The zero-order chi connectivity index (χ0) is 88.1. The van der Waals surface area contributed by atoms with E-state index in [1.54, 1.807) is 89.5 Å². The Bertz CT molecular complexity index is 4180. The van der Waals surface area contributed by atoms with Crippen molar-refractivity contribution in [2.75, 3.05) is 180 Å². The zero-order valence-electron chi connectivity index (χ0n) is 71.8. The van der Waals surface area contributed by atoms with Crippen molar-refractivity contribution in [3.8, 4) is 0 Å². The minimum atomic E-state index is -5.13. The number of esters is 4. The topological polar surface area (TPSA) is 346 Å². The molecule has 0 bridgehead atoms. The Morgan fingerprint density at radius 1 is 0.437 bits per heavy atom. The van der Waals surface area contributed by atoms with Gasteiger partial charge in [-0.25, -0.2) is 19.2 Å². The second-order valence-electron chi connectivity index (χ2n) is 33.8. The number of ketones is 1. The molecule has 0 aliphatic carbocycles. The number of nitrogens with one attached hydrogen (secondary N) is 1. The number of nitro benzene ring substituents is 1. The third-order valence-electron chi connectivity index (χ3n) is 19.9. The Labute approximate surface area is 695 Å². The second kappa shape index (κ2) is 42.5. The molecule has 656 valence electrons. The molecule has 3 N–H and O–H groups in total. The monoisotopic (exact) mass is 1670 g/mol. The summed E-state index contributed by atoms with van der Waals surface area (Å²) in [4.78, 5) is 146. The number of alkyl halides is 3. The number of nitrogens with two attached hydrogens (primary N) is 1. The first-order valence-electron chi connectivity index (χ1n) is 40.5. The van der Waals surface area contributed by atoms with Crippen molar-refractivity contribution in [1.82, 2.24) is 19.6 Å². The highest BCUT2D eigenvalue weighted by Crippen LogP contribution is 2.38. The number of anilines is 7. The van der Waals surface area contributed by atoms with Crippen molar-refractivity contribution in [3.63, 3.8) is 0 Å². The number of rotatable bonds is 13. The Balaban J connectivity index is 0.000000215. The highest BCUT2D eigenvalue weighted by atomic mass is 19.4. The van der Waals surface area contributed by atoms with Crippen LogP contribution in [0.5, 0.6) is 0 Å². The molecule has 0 unspecified atom stereocenters. The van der Waals surface area contributed by atoms with Gasteiger partial charge in [0.2, 0.25) is 23.6 Å². The number of carbonyl (C=O) groups excluding carboxylic acids is 10. The van der Waals surface area contributed by atoms with E-state index >= 15 is 0 Å². The lowest BCUT2D eigenvalue weighted by Crippen LogP contribution is -2.50. The number of ether oxygens (including phenoxy) is 7. The van der Waals surface area contributed by atoms with Crippen LogP contribution >= 0.6 is 0 Å². The maximum atomic E-state index is 13.7. The predicted octanol–water partition coefficient (Wildman–Crippen LogP) is 10.8. The van der Waals surface area contributed by atoms with Crippen LogP contribution in [0.3, 0.4) is 0 Å². The molecular weight excluding hydrogens is 1550 g/mol. The molecule has 0 atom stereocenters. The Morgan fingerprint density at radius 2 is 0.748 bits per heavy atom. The third-order valence-corrected chi connectivity index (χ3v) is 19.9. The molecule has 7 heterocycles. The molecule has 0 aromatic heterocycles. The number of amides is 5. The summed E-state index contributed by atoms with van der Waals surface area (Å²) in [6, 6.07) is 19.7. The van der Waals surface area contributed by atoms with Crippen LogP contribution in [0.15, 0.2) is 72.8 Å². The van der Waals surface area contributed by atoms with Gasteiger partial charge in [0.15, 0.2) is 0 Å². The molecule has 0 radical (unpaired) electrons. The molecule has 7 saturated heterocycles. The summed E-state index contributed by atoms with van der Waals surface area (Å²) in [5.74, 6) is -3.77. The van der Waals surface area contributed by atoms with Gasteiger partial charge in [0.25, 0.3) is 5.69 Å². The normalized spacial score (nSPS) is 17.2. The summed E-state index contributed by atoms with van der Waals surface area (Å²) in [5, 5.41) is 14.9. The van der Waals surface area contributed by atoms with Gasteiger partial charge in [0.1, 0.15) is 33.8 Å². The van der Waals surface area contributed by atoms with Crippen LogP contribution in [-0.2, 0) is 61.9 Å². The lowest BCUT2D eigenvalue weighted by Gasteiger charge is -2.38. The average molecular weight is 1670 g/mol. The van der Waals surface area contributed by atoms with Crippen molar-refractivity contribution >= 4 is 105 Å². The largest absolute Gasteiger partial charge is 0.471 e. The number of nitrogens with zero attached hydrogens (tertiary/aromatic N) is 10. The van der Waals surface area contributed by atoms with Crippen LogP contribution < -0.4 is 35.6 Å². The summed E-state index contributed by atoms with van der Waals surface area (Å²) in [6.07, 6.45) is -1.65. The van der Waals surface area contributed by atoms with Gasteiger partial charge in [-0.05, 0) is 175 Å². The predicted molar refractivity (Wildman–Crippen MR) is 445 cm³/mol. The molecule has 7 fully saturated rings. The SMILES string of the molecule is CC(=O)N1CCN(c2ccc(C(=O)OC(C)(C)C)c(N(C(=O)C(F)(F)F)C3CCOCC3)c2)CC1.CC(=O)N1CCN(c2ccc(C(=O)OC(C)(C)C)c(N)c2)CC1.CC(=O)N1CCN(c2ccc(C(=O)OC(C)(C)C)c(NC3CCOCC3)c2)CC1.CC(=O)N1CCN(c2ccc(C(=O)OC(C)(C)C)c([N+](=O)[O-])c2)CC1.O=C1CCOCC1. The minimum Gasteiger partial charge on any atom is -0.456 e. The van der Waals surface area contributed by atoms with Gasteiger partial charge >= 0.3 is 36.0 Å². The van der Waals surface area contributed by atoms with Crippen LogP contribution in [0.1, 0.15) is 191 Å². The molecular formula is C85H121F3N12O19. The first-order valence-corrected chi connectivity index (χ1v) is 40.5. The molecule has 11 rings (SSSR count). The van der Waals surface area contributed by atoms with Crippen LogP contribution in [0.4, 0.5) is 58.7 Å². The van der Waals surface area contributed by atoms with E-state index in [0.717, 1.165) is 69.3 Å². The molecule has 5 amide bonds. The van der Waals surface area contributed by atoms with E-state index < -0.39 is 63.4 Å². The van der Waals surface area contributed by atoms with E-state index in [4.69, 9.17) is 38.9 Å². The number of nitro groups is 1. The average Bonchev–Trinajstić information content (AvgIpc) is 0.771. The number of nitrogen functional groups attached to an aromatic ring is 1. The van der Waals surface area contributed by atoms with Crippen molar-refractivity contribution in [2.24, 2.45) is 0 Å². The van der Waals surface area contributed by atoms with Gasteiger partial charge in [-0.1, -0.05) is 0 Å². The summed E-state index contributed by atoms with van der Waals surface area (Å²) < 4.78 is 78.5. The first kappa shape index (κ1) is 95.8. The van der Waals surface area contributed by atoms with Gasteiger partial charge in [-0.3, -0.25) is 38.9 Å². The van der Waals surface area contributed by atoms with Gasteiger partial charge in [0.05, 0.1) is 46.2 Å². The lowest BCUT2D eigenvalue weighted by molar-refractivity contribution is -0.385. The third kappa shape index (κ3) is 30.1. The van der Waals surface area contributed by atoms with Gasteiger partial charge < -0.3 is 88.3 Å². The molecule has 34 heteroatoms. The zero-order valence-corrected chi connectivity index (χ0v) is 71.8. The van der Waals surface area contributed by atoms with E-state index in [9.17, 15) is 71.2 Å². The summed E-state index contributed by atoms with van der Waals surface area (Å²) in [6.45, 7) is 40.6. The smallest absolute Gasteiger partial charge is 0.456 e. The van der Waals surface area contributed by atoms with Gasteiger partial charge in [-0.15, -0.1) is 0 Å². The number of carbonyl (C=O) groups is 10. The van der Waals surface area contributed by atoms with Gasteiger partial charge in [0, 0.05) is 218 Å². The first-order chi connectivity index (χ1) is 55.6. The molecule has 119 heavy (non-hydrogen) atoms. The fourth-order valence-electron chi connectivity index (χ4n) is 13.8. The Hall–Kier alpha value is -10.4. The van der Waals surface area contributed by atoms with Crippen molar-refractivity contribution in [3.05, 3.63) is 105 Å². The lowest BCUT2D eigenvalue weighted by atomic mass is 10.0. The van der Waals surface area contributed by atoms with E-state index in [2.05, 4.69) is 15.1 Å². The highest BCUT2D eigenvalue weighted by Gasteiger charge is 2.47. The maximum Gasteiger partial charge on any atom is 0.471 e. The van der Waals surface area contributed by atoms with E-state index in [1.807, 2.05) is 85.4 Å². The quantitative estimate of drug-likeness (QED) is 0.0413. The summed E-state index contributed by atoms with van der Waals surface area (Å²) in [7, 11) is 0. The molecule has 31 nitrogen and oxygen atoms in total. The standard InChI is InChI=1S/C24H32F3N3O5.C22H33N3O4.C17H23N3O5.C17H25N3O3.C5H8O2/c1-16(31)28-9-11-29(12-10-28)18-5-6-19(21(32)35-23(2,3)4)20(15-18)30(22(33)24(25,26)27)17-7-13-34-14-8-17;1-16(26)24-9-11-25(12-10-24)18-5-6-19(21(27)29-22(2,3)4)20(15-18)23-17-7-13-28-14-8-17;1-12(21)18-7-9-19(10-8-18)13-5-6-14(15(11-13)20(23)24)16(22)25-17(2,3)4;1-12(21)19-7-9-20(10-8-19)13-5-6-14(15(18)11-13)16(22)23-17(2,3)4;6-5-1-3-7-4-2-5/h5-6,15,17H,7-14H2,1-4H3;5-6,15,17,23H,7-14H2,1-4H3;5-6,11H,7-10H2,1-4H3;5-6,11H,7-10,18H2,1-4H3;1-4H2. The number of Topliss-reactive ketones (excluding diaryl/α,β-unsaturated/α-hetero) is 1. The maximum absolute atomic E-state index is 13.7. The number of hydrogen-bond donors (Lipinski definition) is 2. The Morgan fingerprint density at radius 3 is 1.09 bits per heavy atom. The molecule has 7 aliphatic rings. The fourth-order valence-corrected chi connectivity index (χ4v) is 13.8. The number of benzene rings is 4. The molecule has 4 aromatic rings. The van der Waals surface area contributed by atoms with E-state index in [0.29, 0.717) is 143 Å². The van der Waals surface area contributed by atoms with E-state index in [1.165, 1.54) is 38.1 Å². The summed E-state index contributed by atoms with van der Waals surface area (Å²) in [5.41, 5.74) is 8.09. The van der Waals surface area contributed by atoms with Crippen molar-refractivity contribution < 1.29 is 99.2 Å². The number of halogens is 3. The fraction of sp³-hybridized carbons (Fsp3) is 0.600. The Kier molecular flexibility index (Phi) is 34.2. The number of hydrogen-bond acceptors (Lipinski definition) is 25. The van der Waals surface area contributed by atoms with Crippen molar-refractivity contribution in [2.45, 2.75) is 190 Å². The molecule has 0 spiro atoms. The molecule has 7 aliphatic heterocycles. The van der Waals surface area contributed by atoms with E-state index in [-0.39, 0.29) is 84.2 Å². The molecule has 4 aromatic carbocycles. The molecule has 0 saturated carbocycles. The number of piperazine rings is 4. The second-order valence-corrected chi connectivity index (χ2v) is 33.8. The van der Waals surface area contributed by atoms with Crippen LogP contribution in [0.25, 0.3) is 0 Å².